The van der Waals surface area contributed by atoms with Crippen molar-refractivity contribution in [2.24, 2.45) is 5.41 Å². The molecule has 3 aromatic rings. The van der Waals surface area contributed by atoms with Crippen LogP contribution in [0.3, 0.4) is 0 Å². The lowest BCUT2D eigenvalue weighted by Crippen LogP contribution is -2.39. The molecule has 1 atom stereocenters. The van der Waals surface area contributed by atoms with Crippen molar-refractivity contribution in [3.05, 3.63) is 65.6 Å². The quantitative estimate of drug-likeness (QED) is 0.575. The second kappa shape index (κ2) is 10.3. The van der Waals surface area contributed by atoms with Gasteiger partial charge >= 0.3 is 12.1 Å². The van der Waals surface area contributed by atoms with Gasteiger partial charge in [-0.3, -0.25) is 4.90 Å². The van der Waals surface area contributed by atoms with E-state index in [9.17, 15) is 13.2 Å². The number of carboxylic acids is 1. The zero-order valence-electron chi connectivity index (χ0n) is 18.6. The summed E-state index contributed by atoms with van der Waals surface area (Å²) in [4.78, 5) is 24.4. The molecule has 35 heavy (non-hydrogen) atoms. The number of imidazole rings is 1. The number of aromatic nitrogens is 4. The number of ether oxygens (including phenoxy) is 1. The average molecular weight is 510 g/mol. The summed E-state index contributed by atoms with van der Waals surface area (Å²) in [5.74, 6) is -1.64. The number of benzene rings is 1. The molecule has 0 bridgehead atoms. The highest BCUT2D eigenvalue weighted by atomic mass is 35.5. The molecule has 1 spiro atoms. The molecule has 2 aromatic heterocycles. The van der Waals surface area contributed by atoms with Gasteiger partial charge in [0.2, 0.25) is 0 Å². The lowest BCUT2D eigenvalue weighted by molar-refractivity contribution is -0.192. The van der Waals surface area contributed by atoms with Gasteiger partial charge in [-0.1, -0.05) is 29.8 Å². The smallest absolute Gasteiger partial charge is 0.475 e. The molecule has 0 aliphatic carbocycles. The molecule has 5 rings (SSSR count). The molecule has 1 saturated heterocycles. The first-order valence-corrected chi connectivity index (χ1v) is 11.2. The fraction of sp³-hybridized carbons (Fsp3) is 0.391. The maximum atomic E-state index is 10.6. The van der Waals surface area contributed by atoms with Crippen molar-refractivity contribution in [2.75, 3.05) is 26.3 Å². The van der Waals surface area contributed by atoms with Crippen LogP contribution in [-0.2, 0) is 29.0 Å². The molecule has 1 unspecified atom stereocenters. The van der Waals surface area contributed by atoms with Gasteiger partial charge in [-0.15, -0.1) is 0 Å². The molecular formula is C23H23ClF3N5O3. The fourth-order valence-electron chi connectivity index (χ4n) is 4.41. The molecule has 8 nitrogen and oxygen atoms in total. The van der Waals surface area contributed by atoms with Crippen LogP contribution >= 0.6 is 11.6 Å². The van der Waals surface area contributed by atoms with Gasteiger partial charge in [-0.25, -0.2) is 19.7 Å². The minimum absolute atomic E-state index is 0.0335. The molecule has 2 aliphatic heterocycles. The van der Waals surface area contributed by atoms with Crippen LogP contribution in [0.4, 0.5) is 13.2 Å². The first kappa shape index (κ1) is 25.1. The van der Waals surface area contributed by atoms with Gasteiger partial charge in [0.15, 0.2) is 0 Å². The van der Waals surface area contributed by atoms with Crippen molar-refractivity contribution in [2.45, 2.75) is 25.7 Å². The van der Waals surface area contributed by atoms with Gasteiger partial charge in [0, 0.05) is 61.0 Å². The van der Waals surface area contributed by atoms with Gasteiger partial charge in [-0.2, -0.15) is 13.2 Å². The summed E-state index contributed by atoms with van der Waals surface area (Å²) in [6, 6.07) is 8.09. The Morgan fingerprint density at radius 1 is 1.17 bits per heavy atom. The normalized spacial score (nSPS) is 20.1. The highest BCUT2D eigenvalue weighted by Crippen LogP contribution is 2.38. The highest BCUT2D eigenvalue weighted by molar-refractivity contribution is 6.31. The van der Waals surface area contributed by atoms with Crippen LogP contribution < -0.4 is 0 Å². The summed E-state index contributed by atoms with van der Waals surface area (Å²) in [5.41, 5.74) is 3.28. The first-order chi connectivity index (χ1) is 16.7. The Hall–Kier alpha value is -3.02. The van der Waals surface area contributed by atoms with Crippen molar-refractivity contribution >= 4 is 17.6 Å². The van der Waals surface area contributed by atoms with Crippen LogP contribution in [0.2, 0.25) is 5.02 Å². The van der Waals surface area contributed by atoms with E-state index >= 15 is 0 Å². The third-order valence-corrected chi connectivity index (χ3v) is 6.30. The van der Waals surface area contributed by atoms with E-state index in [1.165, 1.54) is 5.56 Å². The van der Waals surface area contributed by atoms with Gasteiger partial charge in [-0.05, 0) is 11.6 Å². The van der Waals surface area contributed by atoms with Crippen LogP contribution in [0.1, 0.15) is 11.4 Å². The minimum atomic E-state index is -5.08. The summed E-state index contributed by atoms with van der Waals surface area (Å²) in [7, 11) is 0. The molecule has 186 valence electrons. The molecule has 12 heteroatoms. The van der Waals surface area contributed by atoms with Crippen LogP contribution in [0, 0.1) is 5.41 Å². The molecule has 0 radical (unpaired) electrons. The number of nitrogens with zero attached hydrogens (tertiary/aromatic N) is 5. The van der Waals surface area contributed by atoms with Gasteiger partial charge in [0.05, 0.1) is 25.1 Å². The largest absolute Gasteiger partial charge is 0.490 e. The van der Waals surface area contributed by atoms with E-state index in [0.29, 0.717) is 0 Å². The summed E-state index contributed by atoms with van der Waals surface area (Å²) < 4.78 is 40.1. The molecule has 1 fully saturated rings. The maximum Gasteiger partial charge on any atom is 0.490 e. The Bertz CT molecular complexity index is 1170. The average Bonchev–Trinajstić information content (AvgIpc) is 3.28. The number of rotatable bonds is 3. The maximum absolute atomic E-state index is 10.6. The van der Waals surface area contributed by atoms with Crippen molar-refractivity contribution in [3.8, 4) is 11.3 Å². The zero-order chi connectivity index (χ0) is 25.1. The standard InChI is InChI=1S/C21H22ClN5O.C2HF3O2/c22-18-4-2-1-3-16(18)11-26-5-6-28-14-21(12-26)7-20-25-10-19(27(20)13-21)17-8-23-15-24-9-17;3-2(4,5)1(6)7/h1-4,8-10,15H,5-7,11-14H2;(H,6,7). The predicted molar refractivity (Wildman–Crippen MR) is 121 cm³/mol. The van der Waals surface area contributed by atoms with Gasteiger partial charge in [0.1, 0.15) is 12.2 Å². The lowest BCUT2D eigenvalue weighted by atomic mass is 9.86. The van der Waals surface area contributed by atoms with E-state index in [4.69, 9.17) is 26.2 Å². The van der Waals surface area contributed by atoms with Crippen molar-refractivity contribution < 1.29 is 27.8 Å². The Labute approximate surface area is 204 Å². The number of hydrogen-bond acceptors (Lipinski definition) is 6. The lowest BCUT2D eigenvalue weighted by Gasteiger charge is -2.31. The van der Waals surface area contributed by atoms with Crippen LogP contribution in [0.25, 0.3) is 11.3 Å². The number of carbonyl (C=O) groups is 1. The van der Waals surface area contributed by atoms with E-state index in [2.05, 4.69) is 30.5 Å². The number of halogens is 4. The second-order valence-corrected chi connectivity index (χ2v) is 9.01. The third kappa shape index (κ3) is 5.98. The summed E-state index contributed by atoms with van der Waals surface area (Å²) in [5, 5.41) is 7.95. The molecule has 1 aromatic carbocycles. The van der Waals surface area contributed by atoms with Gasteiger partial charge in [0.25, 0.3) is 0 Å². The van der Waals surface area contributed by atoms with Crippen LogP contribution in [-0.4, -0.2) is 68.0 Å². The van der Waals surface area contributed by atoms with Crippen LogP contribution in [0.5, 0.6) is 0 Å². The van der Waals surface area contributed by atoms with E-state index in [1.807, 2.05) is 36.8 Å². The van der Waals surface area contributed by atoms with E-state index in [-0.39, 0.29) is 5.41 Å². The summed E-state index contributed by atoms with van der Waals surface area (Å²) >= 11 is 6.40. The Morgan fingerprint density at radius 2 is 1.89 bits per heavy atom. The van der Waals surface area contributed by atoms with Crippen molar-refractivity contribution in [1.29, 1.82) is 0 Å². The van der Waals surface area contributed by atoms with E-state index < -0.39 is 12.1 Å². The number of fused-ring (bicyclic) bond motifs is 1. The van der Waals surface area contributed by atoms with Crippen molar-refractivity contribution in [1.82, 2.24) is 24.4 Å². The first-order valence-electron chi connectivity index (χ1n) is 10.8. The Kier molecular flexibility index (Phi) is 7.39. The Balaban J connectivity index is 0.000000364. The van der Waals surface area contributed by atoms with Gasteiger partial charge < -0.3 is 14.4 Å². The summed E-state index contributed by atoms with van der Waals surface area (Å²) in [6.07, 6.45) is 3.00. The predicted octanol–water partition coefficient (Wildman–Crippen LogP) is 3.70. The Morgan fingerprint density at radius 3 is 2.57 bits per heavy atom. The monoisotopic (exact) mass is 509 g/mol. The number of hydrogen-bond donors (Lipinski definition) is 1. The molecule has 0 amide bonds. The zero-order valence-corrected chi connectivity index (χ0v) is 19.3. The minimum Gasteiger partial charge on any atom is -0.475 e. The molecular weight excluding hydrogens is 487 g/mol. The second-order valence-electron chi connectivity index (χ2n) is 8.61. The molecule has 0 saturated carbocycles. The third-order valence-electron chi connectivity index (χ3n) is 5.93. The SMILES string of the molecule is Clc1ccccc1CN1CCOCC2(Cc3ncc(-c4cncnc4)n3C2)C1.O=C(O)C(F)(F)F. The van der Waals surface area contributed by atoms with E-state index in [1.54, 1.807) is 6.33 Å². The van der Waals surface area contributed by atoms with Crippen LogP contribution in [0.15, 0.2) is 49.2 Å². The molecule has 4 heterocycles. The topological polar surface area (TPSA) is 93.4 Å². The summed E-state index contributed by atoms with van der Waals surface area (Å²) in [6.45, 7) is 5.10. The number of aliphatic carboxylic acids is 1. The van der Waals surface area contributed by atoms with Crippen molar-refractivity contribution in [3.63, 3.8) is 0 Å². The fourth-order valence-corrected chi connectivity index (χ4v) is 4.60. The molecule has 2 aliphatic rings. The van der Waals surface area contributed by atoms with E-state index in [0.717, 1.165) is 67.9 Å². The highest BCUT2D eigenvalue weighted by Gasteiger charge is 2.42. The number of alkyl halides is 3. The number of carboxylic acid groups (broad SMARTS) is 1. The molecule has 1 N–H and O–H groups in total.